The van der Waals surface area contributed by atoms with Crippen LogP contribution in [0, 0.1) is 0 Å². The number of hydrogen-bond acceptors (Lipinski definition) is 3. The highest BCUT2D eigenvalue weighted by molar-refractivity contribution is 9.10. The second kappa shape index (κ2) is 3.81. The molecule has 0 atom stereocenters. The van der Waals surface area contributed by atoms with E-state index in [2.05, 4.69) is 15.9 Å². The molecule has 2 rings (SSSR count). The van der Waals surface area contributed by atoms with Crippen LogP contribution in [-0.2, 0) is 20.0 Å². The number of rotatable bonds is 3. The summed E-state index contributed by atoms with van der Waals surface area (Å²) in [6.07, 6.45) is 2.23. The Morgan fingerprint density at radius 1 is 1.35 bits per heavy atom. The molecule has 0 bridgehead atoms. The van der Waals surface area contributed by atoms with Gasteiger partial charge in [-0.15, -0.1) is 0 Å². The lowest BCUT2D eigenvalue weighted by Gasteiger charge is -2.12. The maximum atomic E-state index is 11.5. The molecular weight excluding hydrogens is 308 g/mol. The van der Waals surface area contributed by atoms with Gasteiger partial charge in [0.25, 0.3) is 0 Å². The van der Waals surface area contributed by atoms with E-state index in [9.17, 15) is 18.3 Å². The lowest BCUT2D eigenvalue weighted by Crippen LogP contribution is -2.19. The Labute approximate surface area is 108 Å². The third kappa shape index (κ3) is 2.24. The first-order valence-corrected chi connectivity index (χ1v) is 7.69. The number of carboxylic acid groups (broad SMARTS) is 1. The van der Waals surface area contributed by atoms with Crippen molar-refractivity contribution in [2.75, 3.05) is 6.26 Å². The van der Waals surface area contributed by atoms with Crippen molar-refractivity contribution in [2.24, 2.45) is 0 Å². The minimum Gasteiger partial charge on any atom is -0.481 e. The molecule has 92 valence electrons. The summed E-state index contributed by atoms with van der Waals surface area (Å²) in [5, 5.41) is 9.18. The SMILES string of the molecule is CS(=O)(=O)c1cc(Br)cc(C2(C(=O)O)CC2)c1. The number of halogens is 1. The number of carboxylic acids is 1. The average molecular weight is 319 g/mol. The first-order chi connectivity index (χ1) is 7.75. The summed E-state index contributed by atoms with van der Waals surface area (Å²) in [6.45, 7) is 0. The summed E-state index contributed by atoms with van der Waals surface area (Å²) in [7, 11) is -3.33. The Bertz CT molecular complexity index is 587. The van der Waals surface area contributed by atoms with Crippen molar-refractivity contribution >= 4 is 31.7 Å². The van der Waals surface area contributed by atoms with Crippen LogP contribution in [0.1, 0.15) is 18.4 Å². The molecule has 0 saturated heterocycles. The van der Waals surface area contributed by atoms with Crippen LogP contribution in [-0.4, -0.2) is 25.7 Å². The van der Waals surface area contributed by atoms with E-state index in [4.69, 9.17) is 0 Å². The number of carbonyl (C=O) groups is 1. The Hall–Kier alpha value is -0.880. The van der Waals surface area contributed by atoms with Crippen LogP contribution >= 0.6 is 15.9 Å². The van der Waals surface area contributed by atoms with Gasteiger partial charge in [-0.3, -0.25) is 4.79 Å². The molecule has 6 heteroatoms. The molecule has 0 aromatic heterocycles. The quantitative estimate of drug-likeness (QED) is 0.924. The Balaban J connectivity index is 2.58. The largest absolute Gasteiger partial charge is 0.481 e. The van der Waals surface area contributed by atoms with Gasteiger partial charge in [0.15, 0.2) is 9.84 Å². The molecule has 1 aromatic carbocycles. The molecule has 1 N–H and O–H groups in total. The molecular formula is C11H11BrO4S. The van der Waals surface area contributed by atoms with Crippen LogP contribution in [0.25, 0.3) is 0 Å². The van der Waals surface area contributed by atoms with Crippen molar-refractivity contribution in [2.45, 2.75) is 23.2 Å². The van der Waals surface area contributed by atoms with Crippen LogP contribution in [0.3, 0.4) is 0 Å². The van der Waals surface area contributed by atoms with Crippen LogP contribution < -0.4 is 0 Å². The van der Waals surface area contributed by atoms with Gasteiger partial charge >= 0.3 is 5.97 Å². The van der Waals surface area contributed by atoms with E-state index >= 15 is 0 Å². The van der Waals surface area contributed by atoms with E-state index in [1.165, 1.54) is 12.1 Å². The molecule has 1 fully saturated rings. The van der Waals surface area contributed by atoms with E-state index < -0.39 is 21.2 Å². The molecule has 1 aromatic rings. The second-order valence-corrected chi connectivity index (χ2v) is 7.27. The molecule has 1 aliphatic rings. The van der Waals surface area contributed by atoms with Crippen molar-refractivity contribution in [3.63, 3.8) is 0 Å². The topological polar surface area (TPSA) is 71.4 Å². The Morgan fingerprint density at radius 2 is 1.94 bits per heavy atom. The first-order valence-electron chi connectivity index (χ1n) is 5.00. The maximum Gasteiger partial charge on any atom is 0.314 e. The summed E-state index contributed by atoms with van der Waals surface area (Å²) < 4.78 is 23.6. The zero-order valence-electron chi connectivity index (χ0n) is 9.10. The van der Waals surface area contributed by atoms with E-state index in [-0.39, 0.29) is 4.90 Å². The first kappa shape index (κ1) is 12.6. The lowest BCUT2D eigenvalue weighted by atomic mass is 9.96. The van der Waals surface area contributed by atoms with Crippen LogP contribution in [0.5, 0.6) is 0 Å². The molecule has 0 unspecified atom stereocenters. The van der Waals surface area contributed by atoms with Gasteiger partial charge in [-0.05, 0) is 36.6 Å². The highest BCUT2D eigenvalue weighted by Crippen LogP contribution is 2.49. The summed E-state index contributed by atoms with van der Waals surface area (Å²) >= 11 is 3.22. The van der Waals surface area contributed by atoms with Gasteiger partial charge in [-0.25, -0.2) is 8.42 Å². The van der Waals surface area contributed by atoms with Gasteiger partial charge in [0.2, 0.25) is 0 Å². The third-order valence-corrected chi connectivity index (χ3v) is 4.56. The molecule has 4 nitrogen and oxygen atoms in total. The standard InChI is InChI=1S/C11H11BrO4S/c1-17(15,16)9-5-7(4-8(12)6-9)11(2-3-11)10(13)14/h4-6H,2-3H2,1H3,(H,13,14). The summed E-state index contributed by atoms with van der Waals surface area (Å²) in [5.74, 6) is -0.893. The van der Waals surface area contributed by atoms with Crippen molar-refractivity contribution in [1.29, 1.82) is 0 Å². The number of hydrogen-bond donors (Lipinski definition) is 1. The summed E-state index contributed by atoms with van der Waals surface area (Å²) in [5.41, 5.74) is -0.330. The van der Waals surface area contributed by atoms with Gasteiger partial charge in [-0.2, -0.15) is 0 Å². The smallest absolute Gasteiger partial charge is 0.314 e. The van der Waals surface area contributed by atoms with Gasteiger partial charge in [0.1, 0.15) is 0 Å². The fourth-order valence-electron chi connectivity index (χ4n) is 1.80. The van der Waals surface area contributed by atoms with Crippen molar-refractivity contribution < 1.29 is 18.3 Å². The molecule has 1 aliphatic carbocycles. The van der Waals surface area contributed by atoms with Crippen molar-refractivity contribution in [3.05, 3.63) is 28.2 Å². The second-order valence-electron chi connectivity index (χ2n) is 4.34. The third-order valence-electron chi connectivity index (χ3n) is 3.01. The lowest BCUT2D eigenvalue weighted by molar-refractivity contribution is -0.140. The van der Waals surface area contributed by atoms with Crippen molar-refractivity contribution in [3.8, 4) is 0 Å². The average Bonchev–Trinajstić information content (AvgIpc) is 2.95. The predicted octanol–water partition coefficient (Wildman–Crippen LogP) is 1.97. The fraction of sp³-hybridized carbons (Fsp3) is 0.364. The summed E-state index contributed by atoms with van der Waals surface area (Å²) in [6, 6.07) is 4.62. The van der Waals surface area contributed by atoms with E-state index in [0.717, 1.165) is 6.26 Å². The van der Waals surface area contributed by atoms with Crippen LogP contribution in [0.4, 0.5) is 0 Å². The Morgan fingerprint density at radius 3 is 2.35 bits per heavy atom. The summed E-state index contributed by atoms with van der Waals surface area (Å²) in [4.78, 5) is 11.3. The molecule has 1 saturated carbocycles. The highest BCUT2D eigenvalue weighted by Gasteiger charge is 2.52. The minimum absolute atomic E-state index is 0.148. The zero-order valence-corrected chi connectivity index (χ0v) is 11.5. The molecule has 0 spiro atoms. The van der Waals surface area contributed by atoms with Crippen LogP contribution in [0.2, 0.25) is 0 Å². The normalized spacial score (nSPS) is 17.8. The number of sulfone groups is 1. The van der Waals surface area contributed by atoms with Gasteiger partial charge in [0.05, 0.1) is 10.3 Å². The van der Waals surface area contributed by atoms with Gasteiger partial charge in [-0.1, -0.05) is 15.9 Å². The molecule has 0 aliphatic heterocycles. The Kier molecular flexibility index (Phi) is 2.82. The van der Waals surface area contributed by atoms with E-state index in [1.54, 1.807) is 6.07 Å². The number of benzene rings is 1. The fourth-order valence-corrected chi connectivity index (χ4v) is 3.13. The van der Waals surface area contributed by atoms with Crippen molar-refractivity contribution in [1.82, 2.24) is 0 Å². The molecule has 0 amide bonds. The monoisotopic (exact) mass is 318 g/mol. The predicted molar refractivity (Wildman–Crippen MR) is 65.8 cm³/mol. The maximum absolute atomic E-state index is 11.5. The van der Waals surface area contributed by atoms with Gasteiger partial charge in [0, 0.05) is 10.7 Å². The van der Waals surface area contributed by atoms with Gasteiger partial charge < -0.3 is 5.11 Å². The highest BCUT2D eigenvalue weighted by atomic mass is 79.9. The van der Waals surface area contributed by atoms with Crippen LogP contribution in [0.15, 0.2) is 27.6 Å². The molecule has 17 heavy (non-hydrogen) atoms. The van der Waals surface area contributed by atoms with E-state index in [1.807, 2.05) is 0 Å². The number of aliphatic carboxylic acids is 1. The zero-order chi connectivity index (χ0) is 12.8. The molecule has 0 radical (unpaired) electrons. The minimum atomic E-state index is -3.33. The van der Waals surface area contributed by atoms with E-state index in [0.29, 0.717) is 22.9 Å². The molecule has 0 heterocycles.